The van der Waals surface area contributed by atoms with Crippen molar-refractivity contribution < 1.29 is 13.2 Å². The maximum Gasteiger partial charge on any atom is 0.264 e. The zero-order valence-electron chi connectivity index (χ0n) is 15.8. The zero-order valence-corrected chi connectivity index (χ0v) is 16.7. The summed E-state index contributed by atoms with van der Waals surface area (Å²) in [4.78, 5) is 14.8. The van der Waals surface area contributed by atoms with Crippen LogP contribution in [0.15, 0.2) is 59.5 Å². The van der Waals surface area contributed by atoms with Gasteiger partial charge in [-0.2, -0.15) is 0 Å². The number of anilines is 1. The van der Waals surface area contributed by atoms with E-state index < -0.39 is 10.0 Å². The van der Waals surface area contributed by atoms with Gasteiger partial charge in [-0.25, -0.2) is 8.42 Å². The van der Waals surface area contributed by atoms with E-state index in [0.717, 1.165) is 31.2 Å². The third-order valence-corrected chi connectivity index (χ3v) is 6.99. The lowest BCUT2D eigenvalue weighted by Gasteiger charge is -2.29. The number of hydrogen-bond donors (Lipinski definition) is 0. The van der Waals surface area contributed by atoms with Crippen LogP contribution in [0, 0.1) is 6.92 Å². The first-order valence-electron chi connectivity index (χ1n) is 9.30. The van der Waals surface area contributed by atoms with E-state index in [9.17, 15) is 13.2 Å². The predicted molar refractivity (Wildman–Crippen MR) is 107 cm³/mol. The Bertz CT molecular complexity index is 873. The van der Waals surface area contributed by atoms with Crippen LogP contribution in [0.2, 0.25) is 0 Å². The van der Waals surface area contributed by atoms with Crippen molar-refractivity contribution >= 4 is 21.6 Å². The molecule has 2 aromatic rings. The number of sulfonamides is 1. The number of likely N-dealkylation sites (N-methyl/N-ethyl adjacent to an activating group) is 1. The average molecular weight is 387 g/mol. The van der Waals surface area contributed by atoms with E-state index in [1.165, 1.54) is 4.31 Å². The van der Waals surface area contributed by atoms with Gasteiger partial charge >= 0.3 is 0 Å². The number of aryl methyl sites for hydroxylation is 1. The van der Waals surface area contributed by atoms with Crippen LogP contribution >= 0.6 is 0 Å². The Morgan fingerprint density at radius 3 is 2.19 bits per heavy atom. The largest absolute Gasteiger partial charge is 0.341 e. The van der Waals surface area contributed by atoms with Crippen molar-refractivity contribution in [1.82, 2.24) is 4.90 Å². The maximum atomic E-state index is 13.3. The fourth-order valence-electron chi connectivity index (χ4n) is 3.48. The fourth-order valence-corrected chi connectivity index (χ4v) is 4.89. The number of carbonyl (C=O) groups excluding carboxylic acids is 1. The molecule has 0 atom stereocenters. The van der Waals surface area contributed by atoms with Crippen LogP contribution in [-0.2, 0) is 14.8 Å². The van der Waals surface area contributed by atoms with Crippen molar-refractivity contribution in [2.75, 3.05) is 17.9 Å². The molecule has 5 nitrogen and oxygen atoms in total. The molecule has 1 aliphatic carbocycles. The summed E-state index contributed by atoms with van der Waals surface area (Å²) in [7, 11) is -2.06. The normalized spacial score (nSPS) is 14.9. The van der Waals surface area contributed by atoms with E-state index in [4.69, 9.17) is 0 Å². The van der Waals surface area contributed by atoms with E-state index in [0.29, 0.717) is 5.69 Å². The lowest BCUT2D eigenvalue weighted by molar-refractivity contribution is -0.130. The highest BCUT2D eigenvalue weighted by molar-refractivity contribution is 7.92. The summed E-state index contributed by atoms with van der Waals surface area (Å²) in [5.41, 5.74) is 1.48. The third kappa shape index (κ3) is 4.33. The predicted octanol–water partition coefficient (Wildman–Crippen LogP) is 3.59. The molecule has 0 N–H and O–H groups in total. The van der Waals surface area contributed by atoms with Crippen LogP contribution in [0.25, 0.3) is 0 Å². The summed E-state index contributed by atoms with van der Waals surface area (Å²) in [6, 6.07) is 15.7. The highest BCUT2D eigenvalue weighted by Gasteiger charge is 2.30. The van der Waals surface area contributed by atoms with E-state index in [2.05, 4.69) is 0 Å². The molecule has 3 rings (SSSR count). The van der Waals surface area contributed by atoms with Crippen LogP contribution in [-0.4, -0.2) is 38.9 Å². The summed E-state index contributed by atoms with van der Waals surface area (Å²) in [5.74, 6) is -0.179. The van der Waals surface area contributed by atoms with Crippen molar-refractivity contribution in [2.45, 2.75) is 43.5 Å². The van der Waals surface area contributed by atoms with Crippen molar-refractivity contribution in [3.63, 3.8) is 0 Å². The van der Waals surface area contributed by atoms with Crippen LogP contribution in [0.1, 0.15) is 31.2 Å². The molecule has 0 unspecified atom stereocenters. The molecule has 0 saturated heterocycles. The molecular weight excluding hydrogens is 360 g/mol. The van der Waals surface area contributed by atoms with Crippen LogP contribution in [0.5, 0.6) is 0 Å². The second-order valence-corrected chi connectivity index (χ2v) is 8.97. The number of rotatable bonds is 6. The number of para-hydroxylation sites is 1. The molecule has 0 bridgehead atoms. The van der Waals surface area contributed by atoms with Gasteiger partial charge in [-0.05, 0) is 44.0 Å². The molecule has 0 aliphatic heterocycles. The molecule has 27 heavy (non-hydrogen) atoms. The molecule has 1 amide bonds. The number of carbonyl (C=O) groups is 1. The molecule has 6 heteroatoms. The minimum atomic E-state index is -3.84. The molecule has 0 radical (unpaired) electrons. The quantitative estimate of drug-likeness (QED) is 0.762. The fraction of sp³-hybridized carbons (Fsp3) is 0.381. The molecular formula is C21H26N2O3S. The Hall–Kier alpha value is -2.34. The Kier molecular flexibility index (Phi) is 5.85. The van der Waals surface area contributed by atoms with Gasteiger partial charge in [0.05, 0.1) is 10.6 Å². The van der Waals surface area contributed by atoms with Crippen LogP contribution < -0.4 is 4.31 Å². The van der Waals surface area contributed by atoms with E-state index in [1.807, 2.05) is 13.0 Å². The molecule has 1 fully saturated rings. The first-order valence-corrected chi connectivity index (χ1v) is 10.7. The van der Waals surface area contributed by atoms with Gasteiger partial charge in [0.15, 0.2) is 0 Å². The minimum Gasteiger partial charge on any atom is -0.341 e. The van der Waals surface area contributed by atoms with Gasteiger partial charge < -0.3 is 4.90 Å². The summed E-state index contributed by atoms with van der Waals surface area (Å²) >= 11 is 0. The van der Waals surface area contributed by atoms with E-state index in [-0.39, 0.29) is 23.4 Å². The molecule has 1 saturated carbocycles. The van der Waals surface area contributed by atoms with Crippen molar-refractivity contribution in [3.8, 4) is 0 Å². The van der Waals surface area contributed by atoms with Gasteiger partial charge in [0, 0.05) is 13.1 Å². The Balaban J connectivity index is 1.91. The summed E-state index contributed by atoms with van der Waals surface area (Å²) in [5, 5.41) is 0. The number of benzene rings is 2. The smallest absolute Gasteiger partial charge is 0.264 e. The number of nitrogens with zero attached hydrogens (tertiary/aromatic N) is 2. The minimum absolute atomic E-state index is 0.179. The van der Waals surface area contributed by atoms with Gasteiger partial charge in [-0.15, -0.1) is 0 Å². The molecule has 0 heterocycles. The molecule has 0 spiro atoms. The first kappa shape index (κ1) is 19.4. The van der Waals surface area contributed by atoms with Crippen LogP contribution in [0.3, 0.4) is 0 Å². The topological polar surface area (TPSA) is 57.7 Å². The van der Waals surface area contributed by atoms with Gasteiger partial charge in [-0.3, -0.25) is 9.10 Å². The molecule has 0 aromatic heterocycles. The SMILES string of the molecule is Cc1ccc(S(=O)(=O)N(CC(=O)N(C)C2CCCC2)c2ccccc2)cc1. The monoisotopic (exact) mass is 386 g/mol. The van der Waals surface area contributed by atoms with Crippen molar-refractivity contribution in [3.05, 3.63) is 60.2 Å². The van der Waals surface area contributed by atoms with Crippen LogP contribution in [0.4, 0.5) is 5.69 Å². The lowest BCUT2D eigenvalue weighted by Crippen LogP contribution is -2.44. The maximum absolute atomic E-state index is 13.3. The average Bonchev–Trinajstić information content (AvgIpc) is 3.21. The third-order valence-electron chi connectivity index (χ3n) is 5.20. The number of hydrogen-bond acceptors (Lipinski definition) is 3. The van der Waals surface area contributed by atoms with Crippen molar-refractivity contribution in [2.24, 2.45) is 0 Å². The highest BCUT2D eigenvalue weighted by atomic mass is 32.2. The first-order chi connectivity index (χ1) is 12.9. The summed E-state index contributed by atoms with van der Waals surface area (Å²) in [6.45, 7) is 1.71. The number of amides is 1. The second kappa shape index (κ2) is 8.13. The van der Waals surface area contributed by atoms with Crippen molar-refractivity contribution in [1.29, 1.82) is 0 Å². The van der Waals surface area contributed by atoms with E-state index in [1.54, 1.807) is 60.5 Å². The Morgan fingerprint density at radius 2 is 1.59 bits per heavy atom. The van der Waals surface area contributed by atoms with E-state index >= 15 is 0 Å². The van der Waals surface area contributed by atoms with Gasteiger partial charge in [-0.1, -0.05) is 48.7 Å². The Labute approximate surface area is 161 Å². The van der Waals surface area contributed by atoms with Gasteiger partial charge in [0.2, 0.25) is 5.91 Å². The standard InChI is InChI=1S/C21H26N2O3S/c1-17-12-14-20(15-13-17)27(25,26)23(19-10-4-3-5-11-19)16-21(24)22(2)18-8-6-7-9-18/h3-5,10-15,18H,6-9,16H2,1-2H3. The molecule has 2 aromatic carbocycles. The summed E-state index contributed by atoms with van der Waals surface area (Å²) < 4.78 is 27.8. The molecule has 144 valence electrons. The highest BCUT2D eigenvalue weighted by Crippen LogP contribution is 2.26. The molecule has 1 aliphatic rings. The Morgan fingerprint density at radius 1 is 1.00 bits per heavy atom. The lowest BCUT2D eigenvalue weighted by atomic mass is 10.2. The zero-order chi connectivity index (χ0) is 19.4. The summed E-state index contributed by atoms with van der Waals surface area (Å²) in [6.07, 6.45) is 4.20. The van der Waals surface area contributed by atoms with Gasteiger partial charge in [0.25, 0.3) is 10.0 Å². The van der Waals surface area contributed by atoms with Gasteiger partial charge in [0.1, 0.15) is 6.54 Å². The second-order valence-electron chi connectivity index (χ2n) is 7.10.